The standard InChI is InChI=1S/C17H13ClN8O2S/c1-9(10-4-2-5-11(18)8-10)20-22-17(27)13-14(12-6-3-7-29-12)26(25-21-13)16-15(19)23-28-24-16/h2-8H,1H3,(H2,19,23)(H,22,27)/b20-9+. The summed E-state index contributed by atoms with van der Waals surface area (Å²) in [6.45, 7) is 1.75. The first-order chi connectivity index (χ1) is 14.0. The largest absolute Gasteiger partial charge is 0.378 e. The number of carbonyl (C=O) groups is 1. The third-order valence-corrected chi connectivity index (χ3v) is 5.02. The zero-order valence-corrected chi connectivity index (χ0v) is 16.5. The van der Waals surface area contributed by atoms with Gasteiger partial charge in [0.25, 0.3) is 5.91 Å². The number of nitrogens with zero attached hydrogens (tertiary/aromatic N) is 6. The fourth-order valence-electron chi connectivity index (χ4n) is 2.52. The number of carbonyl (C=O) groups excluding carboxylic acids is 1. The number of amides is 1. The summed E-state index contributed by atoms with van der Waals surface area (Å²) in [7, 11) is 0. The van der Waals surface area contributed by atoms with Gasteiger partial charge in [0, 0.05) is 5.02 Å². The SMILES string of the molecule is C/C(=N\NC(=O)c1nnn(-c2nonc2N)c1-c1cccs1)c1cccc(Cl)c1. The van der Waals surface area contributed by atoms with Crippen LogP contribution in [0, 0.1) is 0 Å². The highest BCUT2D eigenvalue weighted by atomic mass is 35.5. The number of aromatic nitrogens is 5. The lowest BCUT2D eigenvalue weighted by molar-refractivity contribution is 0.0950. The van der Waals surface area contributed by atoms with E-state index < -0.39 is 5.91 Å². The van der Waals surface area contributed by atoms with Crippen LogP contribution in [-0.4, -0.2) is 36.9 Å². The van der Waals surface area contributed by atoms with E-state index in [0.29, 0.717) is 16.4 Å². The molecule has 0 atom stereocenters. The first kappa shape index (κ1) is 18.8. The van der Waals surface area contributed by atoms with Crippen LogP contribution in [-0.2, 0) is 0 Å². The van der Waals surface area contributed by atoms with Crippen molar-refractivity contribution in [2.75, 3.05) is 5.73 Å². The molecule has 0 saturated carbocycles. The maximum atomic E-state index is 12.8. The van der Waals surface area contributed by atoms with Crippen LogP contribution in [0.25, 0.3) is 16.4 Å². The molecule has 10 nitrogen and oxygen atoms in total. The number of hydrogen-bond donors (Lipinski definition) is 2. The molecule has 12 heteroatoms. The molecule has 29 heavy (non-hydrogen) atoms. The molecular formula is C17H13ClN8O2S. The molecule has 0 radical (unpaired) electrons. The monoisotopic (exact) mass is 428 g/mol. The zero-order valence-electron chi connectivity index (χ0n) is 14.9. The van der Waals surface area contributed by atoms with Crippen molar-refractivity contribution in [1.82, 2.24) is 30.7 Å². The Morgan fingerprint density at radius 3 is 2.86 bits per heavy atom. The summed E-state index contributed by atoms with van der Waals surface area (Å²) in [6.07, 6.45) is 0. The number of benzene rings is 1. The van der Waals surface area contributed by atoms with Crippen molar-refractivity contribution in [2.45, 2.75) is 6.92 Å². The Morgan fingerprint density at radius 1 is 1.31 bits per heavy atom. The Morgan fingerprint density at radius 2 is 2.17 bits per heavy atom. The van der Waals surface area contributed by atoms with E-state index in [1.807, 2.05) is 23.6 Å². The molecule has 4 aromatic rings. The smallest absolute Gasteiger partial charge is 0.294 e. The maximum absolute atomic E-state index is 12.8. The molecule has 0 spiro atoms. The summed E-state index contributed by atoms with van der Waals surface area (Å²) in [5, 5.41) is 21.8. The van der Waals surface area contributed by atoms with E-state index in [0.717, 1.165) is 10.4 Å². The minimum Gasteiger partial charge on any atom is -0.378 e. The van der Waals surface area contributed by atoms with Crippen LogP contribution in [0.5, 0.6) is 0 Å². The topological polar surface area (TPSA) is 137 Å². The number of nitrogen functional groups attached to an aromatic ring is 1. The van der Waals surface area contributed by atoms with Gasteiger partial charge in [-0.05, 0) is 46.4 Å². The highest BCUT2D eigenvalue weighted by Crippen LogP contribution is 2.29. The van der Waals surface area contributed by atoms with E-state index in [1.54, 1.807) is 25.1 Å². The number of rotatable bonds is 5. The maximum Gasteiger partial charge on any atom is 0.294 e. The first-order valence-electron chi connectivity index (χ1n) is 8.23. The fourth-order valence-corrected chi connectivity index (χ4v) is 3.47. The number of hydrogen-bond acceptors (Lipinski definition) is 9. The van der Waals surface area contributed by atoms with E-state index >= 15 is 0 Å². The van der Waals surface area contributed by atoms with Crippen molar-refractivity contribution in [3.63, 3.8) is 0 Å². The van der Waals surface area contributed by atoms with Gasteiger partial charge in [-0.1, -0.05) is 35.0 Å². The minimum absolute atomic E-state index is 0.0227. The summed E-state index contributed by atoms with van der Waals surface area (Å²) in [5.41, 5.74) is 10.1. The van der Waals surface area contributed by atoms with Crippen LogP contribution in [0.3, 0.4) is 0 Å². The number of hydrazone groups is 1. The predicted molar refractivity (Wildman–Crippen MR) is 108 cm³/mol. The minimum atomic E-state index is -0.545. The predicted octanol–water partition coefficient (Wildman–Crippen LogP) is 2.77. The summed E-state index contributed by atoms with van der Waals surface area (Å²) in [4.78, 5) is 13.5. The normalized spacial score (nSPS) is 11.6. The lowest BCUT2D eigenvalue weighted by Crippen LogP contribution is -2.20. The van der Waals surface area contributed by atoms with Crippen LogP contribution < -0.4 is 11.2 Å². The van der Waals surface area contributed by atoms with Gasteiger partial charge >= 0.3 is 0 Å². The summed E-state index contributed by atoms with van der Waals surface area (Å²) >= 11 is 7.40. The third-order valence-electron chi connectivity index (χ3n) is 3.90. The Kier molecular flexibility index (Phi) is 5.06. The quantitative estimate of drug-likeness (QED) is 0.368. The molecule has 0 aliphatic heterocycles. The molecule has 1 aromatic carbocycles. The number of thiophene rings is 1. The second-order valence-corrected chi connectivity index (χ2v) is 7.18. The highest BCUT2D eigenvalue weighted by Gasteiger charge is 2.25. The average molecular weight is 429 g/mol. The Bertz CT molecular complexity index is 1200. The van der Waals surface area contributed by atoms with E-state index in [9.17, 15) is 4.79 Å². The van der Waals surface area contributed by atoms with E-state index in [-0.39, 0.29) is 17.3 Å². The van der Waals surface area contributed by atoms with Gasteiger partial charge < -0.3 is 5.73 Å². The average Bonchev–Trinajstić information content (AvgIpc) is 3.45. The van der Waals surface area contributed by atoms with Crippen molar-refractivity contribution in [2.24, 2.45) is 5.10 Å². The Labute approximate surface area is 172 Å². The van der Waals surface area contributed by atoms with Gasteiger partial charge in [-0.2, -0.15) is 9.78 Å². The van der Waals surface area contributed by atoms with E-state index in [1.165, 1.54) is 16.0 Å². The molecule has 4 rings (SSSR count). The van der Waals surface area contributed by atoms with E-state index in [2.05, 4.69) is 35.8 Å². The second-order valence-electron chi connectivity index (χ2n) is 5.80. The number of anilines is 1. The molecule has 0 unspecified atom stereocenters. The Balaban J connectivity index is 1.68. The molecule has 146 valence electrons. The molecule has 0 saturated heterocycles. The van der Waals surface area contributed by atoms with Crippen LogP contribution in [0.15, 0.2) is 51.5 Å². The van der Waals surface area contributed by atoms with Crippen LogP contribution in [0.1, 0.15) is 23.0 Å². The highest BCUT2D eigenvalue weighted by molar-refractivity contribution is 7.13. The van der Waals surface area contributed by atoms with Crippen LogP contribution in [0.2, 0.25) is 5.02 Å². The van der Waals surface area contributed by atoms with Gasteiger partial charge in [0.1, 0.15) is 5.69 Å². The van der Waals surface area contributed by atoms with Gasteiger partial charge in [0.2, 0.25) is 11.6 Å². The lowest BCUT2D eigenvalue weighted by atomic mass is 10.1. The molecule has 3 heterocycles. The second kappa shape index (κ2) is 7.81. The molecule has 0 bridgehead atoms. The number of nitrogens with one attached hydrogen (secondary N) is 1. The molecule has 0 aliphatic carbocycles. The summed E-state index contributed by atoms with van der Waals surface area (Å²) in [5.74, 6) is -0.385. The van der Waals surface area contributed by atoms with Crippen molar-refractivity contribution < 1.29 is 9.42 Å². The summed E-state index contributed by atoms with van der Waals surface area (Å²) in [6, 6.07) is 10.8. The van der Waals surface area contributed by atoms with Gasteiger partial charge in [-0.25, -0.2) is 10.1 Å². The molecule has 3 aromatic heterocycles. The van der Waals surface area contributed by atoms with Crippen molar-refractivity contribution in [3.05, 3.63) is 58.1 Å². The van der Waals surface area contributed by atoms with Crippen molar-refractivity contribution in [3.8, 4) is 16.4 Å². The molecule has 0 fully saturated rings. The van der Waals surface area contributed by atoms with Crippen molar-refractivity contribution >= 4 is 40.4 Å². The molecular weight excluding hydrogens is 416 g/mol. The molecule has 3 N–H and O–H groups in total. The number of halogens is 1. The lowest BCUT2D eigenvalue weighted by Gasteiger charge is -2.04. The molecule has 0 aliphatic rings. The molecule has 1 amide bonds. The van der Waals surface area contributed by atoms with E-state index in [4.69, 9.17) is 17.3 Å². The zero-order chi connectivity index (χ0) is 20.4. The van der Waals surface area contributed by atoms with Gasteiger partial charge in [-0.3, -0.25) is 4.79 Å². The third kappa shape index (κ3) is 3.73. The Hall–Kier alpha value is -3.57. The van der Waals surface area contributed by atoms with Gasteiger partial charge in [0.15, 0.2) is 5.69 Å². The first-order valence-corrected chi connectivity index (χ1v) is 9.49. The van der Waals surface area contributed by atoms with Crippen LogP contribution >= 0.6 is 22.9 Å². The summed E-state index contributed by atoms with van der Waals surface area (Å²) < 4.78 is 5.94. The fraction of sp³-hybridized carbons (Fsp3) is 0.0588. The van der Waals surface area contributed by atoms with Crippen molar-refractivity contribution in [1.29, 1.82) is 0 Å². The van der Waals surface area contributed by atoms with Gasteiger partial charge in [-0.15, -0.1) is 16.4 Å². The van der Waals surface area contributed by atoms with Gasteiger partial charge in [0.05, 0.1) is 10.6 Å². The number of nitrogens with two attached hydrogens (primary N) is 1. The van der Waals surface area contributed by atoms with Crippen LogP contribution in [0.4, 0.5) is 5.82 Å².